The second-order valence-corrected chi connectivity index (χ2v) is 7.28. The Morgan fingerprint density at radius 3 is 2.57 bits per heavy atom. The van der Waals surface area contributed by atoms with Gasteiger partial charge in [0, 0.05) is 45.1 Å². The summed E-state index contributed by atoms with van der Waals surface area (Å²) in [5, 5.41) is 2.91. The second kappa shape index (κ2) is 9.98. The van der Waals surface area contributed by atoms with Crippen LogP contribution >= 0.6 is 0 Å². The fourth-order valence-corrected chi connectivity index (χ4v) is 3.47. The van der Waals surface area contributed by atoms with Gasteiger partial charge in [-0.15, -0.1) is 0 Å². The third-order valence-corrected chi connectivity index (χ3v) is 5.12. The lowest BCUT2D eigenvalue weighted by atomic mass is 10.1. The number of nitrogens with one attached hydrogen (secondary N) is 1. The molecule has 1 aliphatic heterocycles. The van der Waals surface area contributed by atoms with E-state index in [-0.39, 0.29) is 5.91 Å². The van der Waals surface area contributed by atoms with Crippen LogP contribution in [-0.4, -0.2) is 58.5 Å². The first-order chi connectivity index (χ1) is 14.8. The number of piperazine rings is 1. The topological polar surface area (TPSA) is 87.4 Å². The average Bonchev–Trinajstić information content (AvgIpc) is 3.27. The lowest BCUT2D eigenvalue weighted by molar-refractivity contribution is 0.0948. The molecule has 0 atom stereocenters. The van der Waals surface area contributed by atoms with Crippen molar-refractivity contribution in [3.8, 4) is 0 Å². The minimum atomic E-state index is -0.191. The molecule has 1 fully saturated rings. The Morgan fingerprint density at radius 2 is 1.80 bits per heavy atom. The highest BCUT2D eigenvalue weighted by molar-refractivity contribution is 5.91. The van der Waals surface area contributed by atoms with Crippen molar-refractivity contribution >= 4 is 11.9 Å². The second-order valence-electron chi connectivity index (χ2n) is 7.28. The van der Waals surface area contributed by atoms with Gasteiger partial charge in [-0.1, -0.05) is 30.3 Å². The van der Waals surface area contributed by atoms with Crippen LogP contribution in [0.5, 0.6) is 0 Å². The largest absolute Gasteiger partial charge is 0.447 e. The predicted molar refractivity (Wildman–Crippen MR) is 113 cm³/mol. The number of carbonyl (C=O) groups excluding carboxylic acids is 1. The quantitative estimate of drug-likeness (QED) is 0.574. The number of benzene rings is 1. The Balaban J connectivity index is 1.19. The van der Waals surface area contributed by atoms with Crippen LogP contribution in [0.3, 0.4) is 0 Å². The molecule has 3 aromatic rings. The monoisotopic (exact) mass is 406 g/mol. The van der Waals surface area contributed by atoms with E-state index in [1.54, 1.807) is 12.4 Å². The molecule has 1 N–H and O–H groups in total. The molecule has 2 aromatic heterocycles. The van der Waals surface area contributed by atoms with Gasteiger partial charge >= 0.3 is 0 Å². The Kier molecular flexibility index (Phi) is 6.66. The molecule has 8 nitrogen and oxygen atoms in total. The van der Waals surface area contributed by atoms with Gasteiger partial charge in [-0.2, -0.15) is 0 Å². The van der Waals surface area contributed by atoms with E-state index in [0.717, 1.165) is 45.0 Å². The average molecular weight is 406 g/mol. The van der Waals surface area contributed by atoms with Crippen LogP contribution in [0.1, 0.15) is 28.4 Å². The van der Waals surface area contributed by atoms with Gasteiger partial charge in [0.25, 0.3) is 5.91 Å². The molecule has 0 spiro atoms. The van der Waals surface area contributed by atoms with Crippen LogP contribution in [0.15, 0.2) is 59.5 Å². The first-order valence-electron chi connectivity index (χ1n) is 10.3. The Hall–Kier alpha value is -3.26. The summed E-state index contributed by atoms with van der Waals surface area (Å²) in [5.74, 6) is 1.14. The zero-order valence-corrected chi connectivity index (χ0v) is 16.9. The molecule has 3 heterocycles. The first-order valence-corrected chi connectivity index (χ1v) is 10.3. The van der Waals surface area contributed by atoms with Gasteiger partial charge < -0.3 is 14.6 Å². The van der Waals surface area contributed by atoms with E-state index in [9.17, 15) is 4.79 Å². The van der Waals surface area contributed by atoms with E-state index in [2.05, 4.69) is 42.2 Å². The molecular formula is C22H26N6O2. The van der Waals surface area contributed by atoms with Crippen LogP contribution < -0.4 is 10.2 Å². The summed E-state index contributed by atoms with van der Waals surface area (Å²) in [6.45, 7) is 4.62. The summed E-state index contributed by atoms with van der Waals surface area (Å²) in [4.78, 5) is 29.7. The van der Waals surface area contributed by atoms with E-state index in [1.807, 2.05) is 24.3 Å². The normalized spacial score (nSPS) is 14.6. The van der Waals surface area contributed by atoms with Crippen molar-refractivity contribution in [3.63, 3.8) is 0 Å². The van der Waals surface area contributed by atoms with Crippen molar-refractivity contribution in [2.45, 2.75) is 19.4 Å². The Bertz CT molecular complexity index is 923. The number of aromatic nitrogens is 3. The SMILES string of the molecule is O=C(NCCCc1ccccc1)c1coc(CN2CCN(c3ncccn3)CC2)n1. The van der Waals surface area contributed by atoms with Gasteiger partial charge in [0.15, 0.2) is 5.69 Å². The smallest absolute Gasteiger partial charge is 0.273 e. The van der Waals surface area contributed by atoms with Crippen molar-refractivity contribution in [2.24, 2.45) is 0 Å². The lowest BCUT2D eigenvalue weighted by Gasteiger charge is -2.33. The van der Waals surface area contributed by atoms with E-state index >= 15 is 0 Å². The van der Waals surface area contributed by atoms with Gasteiger partial charge in [0.1, 0.15) is 6.26 Å². The van der Waals surface area contributed by atoms with Crippen molar-refractivity contribution in [1.82, 2.24) is 25.2 Å². The molecule has 1 amide bonds. The number of aryl methyl sites for hydroxylation is 1. The van der Waals surface area contributed by atoms with Gasteiger partial charge in [0.2, 0.25) is 11.8 Å². The molecular weight excluding hydrogens is 380 g/mol. The number of oxazole rings is 1. The molecule has 0 radical (unpaired) electrons. The molecule has 156 valence electrons. The van der Waals surface area contributed by atoms with Crippen molar-refractivity contribution < 1.29 is 9.21 Å². The third kappa shape index (κ3) is 5.42. The zero-order chi connectivity index (χ0) is 20.6. The number of carbonyl (C=O) groups is 1. The molecule has 0 bridgehead atoms. The van der Waals surface area contributed by atoms with Crippen LogP contribution in [-0.2, 0) is 13.0 Å². The number of nitrogens with zero attached hydrogens (tertiary/aromatic N) is 5. The summed E-state index contributed by atoms with van der Waals surface area (Å²) >= 11 is 0. The van der Waals surface area contributed by atoms with Crippen LogP contribution in [0.4, 0.5) is 5.95 Å². The van der Waals surface area contributed by atoms with Crippen molar-refractivity contribution in [1.29, 1.82) is 0 Å². The first kappa shape index (κ1) is 20.0. The minimum Gasteiger partial charge on any atom is -0.447 e. The van der Waals surface area contributed by atoms with Gasteiger partial charge in [0.05, 0.1) is 6.54 Å². The summed E-state index contributed by atoms with van der Waals surface area (Å²) in [6.07, 6.45) is 6.78. The summed E-state index contributed by atoms with van der Waals surface area (Å²) in [7, 11) is 0. The highest BCUT2D eigenvalue weighted by Crippen LogP contribution is 2.12. The fourth-order valence-electron chi connectivity index (χ4n) is 3.47. The molecule has 30 heavy (non-hydrogen) atoms. The zero-order valence-electron chi connectivity index (χ0n) is 16.9. The molecule has 1 aromatic carbocycles. The van der Waals surface area contributed by atoms with Crippen molar-refractivity contribution in [3.05, 3.63) is 72.2 Å². The molecule has 0 saturated carbocycles. The van der Waals surface area contributed by atoms with Crippen LogP contribution in [0, 0.1) is 0 Å². The molecule has 1 saturated heterocycles. The van der Waals surface area contributed by atoms with Crippen LogP contribution in [0.2, 0.25) is 0 Å². The lowest BCUT2D eigenvalue weighted by Crippen LogP contribution is -2.46. The van der Waals surface area contributed by atoms with Gasteiger partial charge in [-0.25, -0.2) is 15.0 Å². The van der Waals surface area contributed by atoms with Crippen LogP contribution in [0.25, 0.3) is 0 Å². The number of amides is 1. The maximum Gasteiger partial charge on any atom is 0.273 e. The van der Waals surface area contributed by atoms with E-state index in [4.69, 9.17) is 4.42 Å². The van der Waals surface area contributed by atoms with Gasteiger partial charge in [-0.3, -0.25) is 9.69 Å². The third-order valence-electron chi connectivity index (χ3n) is 5.12. The molecule has 8 heteroatoms. The number of hydrogen-bond acceptors (Lipinski definition) is 7. The standard InChI is InChI=1S/C22H26N6O2/c29-21(23-9-4-8-18-6-2-1-3-7-18)19-17-30-20(26-19)16-27-12-14-28(15-13-27)22-24-10-5-11-25-22/h1-3,5-7,10-11,17H,4,8-9,12-16H2,(H,23,29). The summed E-state index contributed by atoms with van der Waals surface area (Å²) < 4.78 is 5.52. The maximum atomic E-state index is 12.3. The Morgan fingerprint density at radius 1 is 1.03 bits per heavy atom. The number of rotatable bonds is 8. The minimum absolute atomic E-state index is 0.191. The highest BCUT2D eigenvalue weighted by Gasteiger charge is 2.21. The van der Waals surface area contributed by atoms with Crippen molar-refractivity contribution in [2.75, 3.05) is 37.6 Å². The number of hydrogen-bond donors (Lipinski definition) is 1. The Labute approximate surface area is 176 Å². The maximum absolute atomic E-state index is 12.3. The van der Waals surface area contributed by atoms with E-state index in [0.29, 0.717) is 24.7 Å². The fraction of sp³-hybridized carbons (Fsp3) is 0.364. The predicted octanol–water partition coefficient (Wildman–Crippen LogP) is 2.15. The highest BCUT2D eigenvalue weighted by atomic mass is 16.3. The number of anilines is 1. The molecule has 4 rings (SSSR count). The molecule has 1 aliphatic rings. The van der Waals surface area contributed by atoms with Gasteiger partial charge in [-0.05, 0) is 24.5 Å². The summed E-state index contributed by atoms with van der Waals surface area (Å²) in [6, 6.07) is 12.1. The van der Waals surface area contributed by atoms with E-state index in [1.165, 1.54) is 11.8 Å². The van der Waals surface area contributed by atoms with E-state index < -0.39 is 0 Å². The molecule has 0 aliphatic carbocycles. The molecule has 0 unspecified atom stereocenters. The summed E-state index contributed by atoms with van der Waals surface area (Å²) in [5.41, 5.74) is 1.61.